The average Bonchev–Trinajstić information content (AvgIpc) is 2.80. The van der Waals surface area contributed by atoms with Gasteiger partial charge in [-0.25, -0.2) is 8.78 Å². The first-order chi connectivity index (χ1) is 8.63. The molecule has 1 heterocycles. The summed E-state index contributed by atoms with van der Waals surface area (Å²) in [7, 11) is 0. The summed E-state index contributed by atoms with van der Waals surface area (Å²) in [6.07, 6.45) is 0.939. The fourth-order valence-corrected chi connectivity index (χ4v) is 2.49. The molecule has 0 amide bonds. The number of rotatable bonds is 4. The van der Waals surface area contributed by atoms with Gasteiger partial charge < -0.3 is 5.32 Å². The van der Waals surface area contributed by atoms with Crippen molar-refractivity contribution in [2.24, 2.45) is 0 Å². The molecule has 0 unspecified atom stereocenters. The van der Waals surface area contributed by atoms with Crippen molar-refractivity contribution in [2.75, 3.05) is 11.9 Å². The van der Waals surface area contributed by atoms with Gasteiger partial charge >= 0.3 is 0 Å². The maximum atomic E-state index is 13.8. The minimum atomic E-state index is -0.659. The van der Waals surface area contributed by atoms with Gasteiger partial charge in [0.2, 0.25) is 5.13 Å². The Morgan fingerprint density at radius 3 is 2.83 bits per heavy atom. The average molecular weight is 334 g/mol. The molecule has 1 N–H and O–H groups in total. The van der Waals surface area contributed by atoms with Crippen LogP contribution in [-0.2, 0) is 0 Å². The fraction of sp³-hybridized carbons (Fsp3) is 0.273. The standard InChI is InChI=1S/C11H10BrF2N3S/c1-2-5-15-11-17-16-10(18-11)8-7(13)4-3-6(12)9(8)14/h3-4H,2,5H2,1H3,(H,15,17). The van der Waals surface area contributed by atoms with Gasteiger partial charge in [-0.15, -0.1) is 10.2 Å². The molecule has 0 saturated heterocycles. The molecular formula is C11H10BrF2N3S. The second-order valence-corrected chi connectivity index (χ2v) is 5.39. The van der Waals surface area contributed by atoms with Gasteiger partial charge in [0, 0.05) is 6.54 Å². The Kier molecular flexibility index (Phi) is 4.23. The number of halogens is 3. The Morgan fingerprint density at radius 2 is 2.11 bits per heavy atom. The van der Waals surface area contributed by atoms with E-state index in [0.717, 1.165) is 24.3 Å². The van der Waals surface area contributed by atoms with Crippen molar-refractivity contribution in [1.82, 2.24) is 10.2 Å². The van der Waals surface area contributed by atoms with Crippen LogP contribution in [-0.4, -0.2) is 16.7 Å². The molecule has 18 heavy (non-hydrogen) atoms. The predicted molar refractivity (Wildman–Crippen MR) is 71.7 cm³/mol. The first-order valence-electron chi connectivity index (χ1n) is 5.34. The third-order valence-corrected chi connectivity index (χ3v) is 3.72. The maximum absolute atomic E-state index is 13.8. The van der Waals surface area contributed by atoms with Crippen LogP contribution in [0.5, 0.6) is 0 Å². The molecule has 0 spiro atoms. The minimum absolute atomic E-state index is 0.147. The molecule has 7 heteroatoms. The Morgan fingerprint density at radius 1 is 1.33 bits per heavy atom. The van der Waals surface area contributed by atoms with Crippen molar-refractivity contribution in [3.8, 4) is 10.6 Å². The highest BCUT2D eigenvalue weighted by molar-refractivity contribution is 9.10. The van der Waals surface area contributed by atoms with E-state index in [1.807, 2.05) is 6.92 Å². The molecule has 0 fully saturated rings. The highest BCUT2D eigenvalue weighted by Crippen LogP contribution is 2.33. The number of nitrogens with zero attached hydrogens (tertiary/aromatic N) is 2. The van der Waals surface area contributed by atoms with Crippen LogP contribution in [0.3, 0.4) is 0 Å². The number of benzene rings is 1. The van der Waals surface area contributed by atoms with Gasteiger partial charge in [-0.3, -0.25) is 0 Å². The Balaban J connectivity index is 2.37. The zero-order chi connectivity index (χ0) is 13.1. The Bertz CT molecular complexity index is 559. The lowest BCUT2D eigenvalue weighted by atomic mass is 10.2. The molecule has 0 bridgehead atoms. The van der Waals surface area contributed by atoms with Crippen LogP contribution < -0.4 is 5.32 Å². The summed E-state index contributed by atoms with van der Waals surface area (Å²) < 4.78 is 27.7. The van der Waals surface area contributed by atoms with Gasteiger partial charge in [0.05, 0.1) is 10.0 Å². The quantitative estimate of drug-likeness (QED) is 0.857. The molecule has 0 atom stereocenters. The Labute approximate surface area is 115 Å². The normalized spacial score (nSPS) is 10.7. The van der Waals surface area contributed by atoms with Gasteiger partial charge in [-0.2, -0.15) is 0 Å². The molecule has 3 nitrogen and oxygen atoms in total. The van der Waals surface area contributed by atoms with Crippen molar-refractivity contribution >= 4 is 32.4 Å². The second-order valence-electron chi connectivity index (χ2n) is 3.56. The number of nitrogens with one attached hydrogen (secondary N) is 1. The SMILES string of the molecule is CCCNc1nnc(-c2c(F)ccc(Br)c2F)s1. The van der Waals surface area contributed by atoms with Gasteiger partial charge in [-0.1, -0.05) is 18.3 Å². The topological polar surface area (TPSA) is 37.8 Å². The molecule has 2 rings (SSSR count). The summed E-state index contributed by atoms with van der Waals surface area (Å²) in [5.41, 5.74) is -0.147. The number of hydrogen-bond donors (Lipinski definition) is 1. The summed E-state index contributed by atoms with van der Waals surface area (Å²) in [4.78, 5) is 0. The lowest BCUT2D eigenvalue weighted by molar-refractivity contribution is 0.585. The van der Waals surface area contributed by atoms with E-state index in [0.29, 0.717) is 5.13 Å². The summed E-state index contributed by atoms with van der Waals surface area (Å²) >= 11 is 4.15. The van der Waals surface area contributed by atoms with E-state index in [1.54, 1.807) is 0 Å². The summed E-state index contributed by atoms with van der Waals surface area (Å²) in [6.45, 7) is 2.76. The minimum Gasteiger partial charge on any atom is -0.360 e. The molecule has 1 aromatic carbocycles. The monoisotopic (exact) mass is 333 g/mol. The van der Waals surface area contributed by atoms with Gasteiger partial charge in [-0.05, 0) is 34.5 Å². The number of anilines is 1. The third kappa shape index (κ3) is 2.67. The van der Waals surface area contributed by atoms with Gasteiger partial charge in [0.1, 0.15) is 5.82 Å². The van der Waals surface area contributed by atoms with Crippen molar-refractivity contribution in [3.63, 3.8) is 0 Å². The summed E-state index contributed by atoms with van der Waals surface area (Å²) in [5.74, 6) is -1.30. The van der Waals surface area contributed by atoms with Crippen molar-refractivity contribution < 1.29 is 8.78 Å². The van der Waals surface area contributed by atoms with E-state index in [-0.39, 0.29) is 15.0 Å². The zero-order valence-electron chi connectivity index (χ0n) is 9.51. The Hall–Kier alpha value is -1.08. The van der Waals surface area contributed by atoms with E-state index in [4.69, 9.17) is 0 Å². The zero-order valence-corrected chi connectivity index (χ0v) is 11.9. The smallest absolute Gasteiger partial charge is 0.206 e. The van der Waals surface area contributed by atoms with Crippen molar-refractivity contribution in [2.45, 2.75) is 13.3 Å². The highest BCUT2D eigenvalue weighted by Gasteiger charge is 2.18. The van der Waals surface area contributed by atoms with Crippen LogP contribution in [0.2, 0.25) is 0 Å². The predicted octanol–water partition coefficient (Wildman–Crippen LogP) is 4.07. The van der Waals surface area contributed by atoms with Crippen LogP contribution in [0.1, 0.15) is 13.3 Å². The van der Waals surface area contributed by atoms with Crippen molar-refractivity contribution in [1.29, 1.82) is 0 Å². The fourth-order valence-electron chi connectivity index (χ4n) is 1.35. The summed E-state index contributed by atoms with van der Waals surface area (Å²) in [5, 5.41) is 11.5. The van der Waals surface area contributed by atoms with Crippen LogP contribution in [0.15, 0.2) is 16.6 Å². The van der Waals surface area contributed by atoms with Crippen LogP contribution in [0, 0.1) is 11.6 Å². The molecule has 0 saturated carbocycles. The molecule has 0 aliphatic carbocycles. The van der Waals surface area contributed by atoms with Crippen LogP contribution in [0.4, 0.5) is 13.9 Å². The van der Waals surface area contributed by atoms with E-state index >= 15 is 0 Å². The van der Waals surface area contributed by atoms with Crippen LogP contribution >= 0.6 is 27.3 Å². The molecular weight excluding hydrogens is 324 g/mol. The van der Waals surface area contributed by atoms with E-state index < -0.39 is 11.6 Å². The van der Waals surface area contributed by atoms with Crippen LogP contribution in [0.25, 0.3) is 10.6 Å². The molecule has 1 aromatic heterocycles. The largest absolute Gasteiger partial charge is 0.360 e. The molecule has 96 valence electrons. The molecule has 0 aliphatic rings. The first-order valence-corrected chi connectivity index (χ1v) is 6.95. The number of hydrogen-bond acceptors (Lipinski definition) is 4. The van der Waals surface area contributed by atoms with Gasteiger partial charge in [0.15, 0.2) is 10.8 Å². The van der Waals surface area contributed by atoms with Gasteiger partial charge in [0.25, 0.3) is 0 Å². The second kappa shape index (κ2) is 5.71. The maximum Gasteiger partial charge on any atom is 0.206 e. The lowest BCUT2D eigenvalue weighted by Crippen LogP contribution is -1.98. The third-order valence-electron chi connectivity index (χ3n) is 2.21. The summed E-state index contributed by atoms with van der Waals surface area (Å²) in [6, 6.07) is 2.52. The lowest BCUT2D eigenvalue weighted by Gasteiger charge is -2.02. The van der Waals surface area contributed by atoms with Crippen molar-refractivity contribution in [3.05, 3.63) is 28.2 Å². The van der Waals surface area contributed by atoms with E-state index in [1.165, 1.54) is 12.1 Å². The molecule has 2 aromatic rings. The highest BCUT2D eigenvalue weighted by atomic mass is 79.9. The first kappa shape index (κ1) is 13.4. The van der Waals surface area contributed by atoms with E-state index in [2.05, 4.69) is 31.4 Å². The number of aromatic nitrogens is 2. The molecule has 0 radical (unpaired) electrons. The van der Waals surface area contributed by atoms with E-state index in [9.17, 15) is 8.78 Å². The molecule has 0 aliphatic heterocycles.